The van der Waals surface area contributed by atoms with Gasteiger partial charge in [0.1, 0.15) is 0 Å². The van der Waals surface area contributed by atoms with Gasteiger partial charge in [-0.3, -0.25) is 4.90 Å². The van der Waals surface area contributed by atoms with Crippen molar-refractivity contribution in [1.29, 1.82) is 0 Å². The summed E-state index contributed by atoms with van der Waals surface area (Å²) < 4.78 is 1.13. The van der Waals surface area contributed by atoms with Crippen molar-refractivity contribution in [3.63, 3.8) is 0 Å². The lowest BCUT2D eigenvalue weighted by molar-refractivity contribution is 0.0284. The highest BCUT2D eigenvalue weighted by Gasteiger charge is 2.36. The topological polar surface area (TPSA) is 29.3 Å². The maximum atomic E-state index is 6.15. The highest BCUT2D eigenvalue weighted by Crippen LogP contribution is 2.33. The summed E-state index contributed by atoms with van der Waals surface area (Å²) >= 11 is 3.50. The van der Waals surface area contributed by atoms with E-state index in [2.05, 4.69) is 65.9 Å². The standard InChI is InChI=1S/C17H27BrN2/c1-16(2)9-4-10-20(13-16)17(3,12-19)11-14-5-7-15(18)8-6-14/h5-8H,4,9-13,19H2,1-3H3. The summed E-state index contributed by atoms with van der Waals surface area (Å²) in [5, 5.41) is 0. The Balaban J connectivity index is 2.13. The average Bonchev–Trinajstić information content (AvgIpc) is 2.40. The molecule has 1 atom stereocenters. The van der Waals surface area contributed by atoms with Gasteiger partial charge in [-0.1, -0.05) is 41.9 Å². The van der Waals surface area contributed by atoms with Gasteiger partial charge >= 0.3 is 0 Å². The van der Waals surface area contributed by atoms with E-state index in [0.29, 0.717) is 12.0 Å². The van der Waals surface area contributed by atoms with Gasteiger partial charge in [-0.05, 0) is 55.8 Å². The summed E-state index contributed by atoms with van der Waals surface area (Å²) in [5.41, 5.74) is 7.99. The van der Waals surface area contributed by atoms with Gasteiger partial charge in [-0.25, -0.2) is 0 Å². The molecule has 0 saturated carbocycles. The first-order chi connectivity index (χ1) is 9.35. The number of likely N-dealkylation sites (tertiary alicyclic amines) is 1. The SMILES string of the molecule is CC1(C)CCCN(C(C)(CN)Cc2ccc(Br)cc2)C1. The van der Waals surface area contributed by atoms with E-state index < -0.39 is 0 Å². The molecule has 112 valence electrons. The van der Waals surface area contributed by atoms with Crippen molar-refractivity contribution in [3.05, 3.63) is 34.3 Å². The van der Waals surface area contributed by atoms with Crippen LogP contribution in [0.3, 0.4) is 0 Å². The van der Waals surface area contributed by atoms with E-state index in [1.807, 2.05) is 0 Å². The molecule has 1 aliphatic rings. The predicted octanol–water partition coefficient (Wildman–Crippen LogP) is 3.83. The molecule has 2 rings (SSSR count). The first kappa shape index (κ1) is 16.0. The molecule has 1 fully saturated rings. The summed E-state index contributed by atoms with van der Waals surface area (Å²) in [4.78, 5) is 2.61. The number of rotatable bonds is 4. The van der Waals surface area contributed by atoms with Gasteiger partial charge in [-0.15, -0.1) is 0 Å². The Morgan fingerprint density at radius 2 is 1.95 bits per heavy atom. The van der Waals surface area contributed by atoms with Crippen molar-refractivity contribution in [2.75, 3.05) is 19.6 Å². The number of benzene rings is 1. The zero-order valence-electron chi connectivity index (χ0n) is 13.0. The number of hydrogen-bond donors (Lipinski definition) is 1. The maximum Gasteiger partial charge on any atom is 0.0344 e. The first-order valence-corrected chi connectivity index (χ1v) is 8.34. The predicted molar refractivity (Wildman–Crippen MR) is 89.9 cm³/mol. The van der Waals surface area contributed by atoms with Crippen LogP contribution in [0, 0.1) is 5.41 Å². The highest BCUT2D eigenvalue weighted by atomic mass is 79.9. The molecule has 0 radical (unpaired) electrons. The Labute approximate surface area is 131 Å². The highest BCUT2D eigenvalue weighted by molar-refractivity contribution is 9.10. The molecule has 3 heteroatoms. The lowest BCUT2D eigenvalue weighted by atomic mass is 9.80. The Hall–Kier alpha value is -0.380. The van der Waals surface area contributed by atoms with E-state index in [9.17, 15) is 0 Å². The molecular weight excluding hydrogens is 312 g/mol. The number of piperidine rings is 1. The minimum absolute atomic E-state index is 0.0610. The minimum Gasteiger partial charge on any atom is -0.329 e. The quantitative estimate of drug-likeness (QED) is 0.903. The molecule has 1 unspecified atom stereocenters. The molecule has 1 heterocycles. The van der Waals surface area contributed by atoms with Gasteiger partial charge < -0.3 is 5.73 Å². The van der Waals surface area contributed by atoms with Gasteiger partial charge in [0.05, 0.1) is 0 Å². The second-order valence-corrected chi connectivity index (χ2v) is 8.11. The average molecular weight is 339 g/mol. The van der Waals surface area contributed by atoms with Crippen LogP contribution in [0.4, 0.5) is 0 Å². The van der Waals surface area contributed by atoms with Crippen LogP contribution >= 0.6 is 15.9 Å². The van der Waals surface area contributed by atoms with Gasteiger partial charge in [-0.2, -0.15) is 0 Å². The zero-order chi connectivity index (χ0) is 14.8. The number of nitrogens with zero attached hydrogens (tertiary/aromatic N) is 1. The fourth-order valence-electron chi connectivity index (χ4n) is 3.24. The molecule has 1 saturated heterocycles. The van der Waals surface area contributed by atoms with Crippen molar-refractivity contribution >= 4 is 15.9 Å². The second-order valence-electron chi connectivity index (χ2n) is 7.19. The van der Waals surface area contributed by atoms with Gasteiger partial charge in [0.25, 0.3) is 0 Å². The molecule has 20 heavy (non-hydrogen) atoms. The molecule has 2 N–H and O–H groups in total. The second kappa shape index (κ2) is 6.17. The van der Waals surface area contributed by atoms with Crippen LogP contribution in [0.15, 0.2) is 28.7 Å². The number of halogens is 1. The van der Waals surface area contributed by atoms with Crippen molar-refractivity contribution in [3.8, 4) is 0 Å². The fourth-order valence-corrected chi connectivity index (χ4v) is 3.50. The molecular formula is C17H27BrN2. The van der Waals surface area contributed by atoms with E-state index >= 15 is 0 Å². The van der Waals surface area contributed by atoms with Crippen LogP contribution in [0.5, 0.6) is 0 Å². The Bertz CT molecular complexity index is 441. The number of nitrogens with two attached hydrogens (primary N) is 1. The molecule has 0 aliphatic carbocycles. The van der Waals surface area contributed by atoms with Crippen LogP contribution in [-0.2, 0) is 6.42 Å². The monoisotopic (exact) mass is 338 g/mol. The van der Waals surface area contributed by atoms with Crippen molar-refractivity contribution in [2.45, 2.75) is 45.6 Å². The van der Waals surface area contributed by atoms with Crippen LogP contribution in [0.2, 0.25) is 0 Å². The summed E-state index contributed by atoms with van der Waals surface area (Å²) in [5.74, 6) is 0. The molecule has 1 aromatic rings. The molecule has 1 aliphatic heterocycles. The molecule has 2 nitrogen and oxygen atoms in total. The van der Waals surface area contributed by atoms with Gasteiger partial charge in [0.2, 0.25) is 0 Å². The Kier molecular flexibility index (Phi) is 4.93. The van der Waals surface area contributed by atoms with Crippen molar-refractivity contribution in [2.24, 2.45) is 11.1 Å². The molecule has 0 amide bonds. The fraction of sp³-hybridized carbons (Fsp3) is 0.647. The van der Waals surface area contributed by atoms with Crippen LogP contribution in [0.25, 0.3) is 0 Å². The van der Waals surface area contributed by atoms with Crippen molar-refractivity contribution < 1.29 is 0 Å². The van der Waals surface area contributed by atoms with E-state index in [4.69, 9.17) is 5.73 Å². The third kappa shape index (κ3) is 3.84. The first-order valence-electron chi connectivity index (χ1n) is 7.54. The van der Waals surface area contributed by atoms with E-state index in [-0.39, 0.29) is 5.54 Å². The van der Waals surface area contributed by atoms with E-state index in [1.54, 1.807) is 0 Å². The van der Waals surface area contributed by atoms with E-state index in [1.165, 1.54) is 24.9 Å². The largest absolute Gasteiger partial charge is 0.329 e. The maximum absolute atomic E-state index is 6.15. The van der Waals surface area contributed by atoms with Crippen LogP contribution < -0.4 is 5.73 Å². The zero-order valence-corrected chi connectivity index (χ0v) is 14.5. The van der Waals surface area contributed by atoms with Crippen LogP contribution in [-0.4, -0.2) is 30.1 Å². The molecule has 0 spiro atoms. The Morgan fingerprint density at radius 3 is 2.50 bits per heavy atom. The lowest BCUT2D eigenvalue weighted by Crippen LogP contribution is -2.57. The summed E-state index contributed by atoms with van der Waals surface area (Å²) in [6.07, 6.45) is 3.62. The molecule has 0 aromatic heterocycles. The summed E-state index contributed by atoms with van der Waals surface area (Å²) in [6.45, 7) is 10.1. The Morgan fingerprint density at radius 1 is 1.30 bits per heavy atom. The smallest absolute Gasteiger partial charge is 0.0344 e. The van der Waals surface area contributed by atoms with Crippen LogP contribution in [0.1, 0.15) is 39.2 Å². The van der Waals surface area contributed by atoms with Gasteiger partial charge in [0.15, 0.2) is 0 Å². The molecule has 1 aromatic carbocycles. The molecule has 0 bridgehead atoms. The minimum atomic E-state index is 0.0610. The third-order valence-electron chi connectivity index (χ3n) is 4.60. The lowest BCUT2D eigenvalue weighted by Gasteiger charge is -2.48. The number of hydrogen-bond acceptors (Lipinski definition) is 2. The summed E-state index contributed by atoms with van der Waals surface area (Å²) in [6, 6.07) is 8.64. The van der Waals surface area contributed by atoms with Crippen molar-refractivity contribution in [1.82, 2.24) is 4.90 Å². The normalized spacial score (nSPS) is 22.4. The third-order valence-corrected chi connectivity index (χ3v) is 5.13. The van der Waals surface area contributed by atoms with Gasteiger partial charge in [0, 0.05) is 23.1 Å². The van der Waals surface area contributed by atoms with E-state index in [0.717, 1.165) is 17.4 Å². The summed E-state index contributed by atoms with van der Waals surface area (Å²) in [7, 11) is 0.